The molecule has 1 aliphatic carbocycles. The number of rotatable bonds is 6. The topological polar surface area (TPSA) is 85.9 Å². The van der Waals surface area contributed by atoms with Crippen molar-refractivity contribution in [3.05, 3.63) is 102 Å². The fourth-order valence-electron chi connectivity index (χ4n) is 5.61. The molecule has 8 nitrogen and oxygen atoms in total. The Kier molecular flexibility index (Phi) is 6.97. The number of aryl methyl sites for hydroxylation is 2. The Balaban J connectivity index is 0.000000151. The predicted molar refractivity (Wildman–Crippen MR) is 151 cm³/mol. The van der Waals surface area contributed by atoms with Gasteiger partial charge in [0.15, 0.2) is 0 Å². The van der Waals surface area contributed by atoms with E-state index in [4.69, 9.17) is 0 Å². The van der Waals surface area contributed by atoms with Gasteiger partial charge in [-0.05, 0) is 72.6 Å². The van der Waals surface area contributed by atoms with Crippen LogP contribution >= 0.6 is 0 Å². The molecule has 1 saturated heterocycles. The van der Waals surface area contributed by atoms with Crippen LogP contribution < -0.4 is 0 Å². The molecule has 2 aliphatic rings. The van der Waals surface area contributed by atoms with Gasteiger partial charge in [-0.1, -0.05) is 49.4 Å². The van der Waals surface area contributed by atoms with Crippen molar-refractivity contribution < 1.29 is 12.8 Å². The minimum absolute atomic E-state index is 0.0727. The van der Waals surface area contributed by atoms with Gasteiger partial charge in [-0.2, -0.15) is 19.3 Å². The third-order valence-corrected chi connectivity index (χ3v) is 9.38. The van der Waals surface area contributed by atoms with E-state index < -0.39 is 10.0 Å². The van der Waals surface area contributed by atoms with E-state index in [0.29, 0.717) is 37.4 Å². The molecule has 0 N–H and O–H groups in total. The van der Waals surface area contributed by atoms with Crippen LogP contribution in [-0.2, 0) is 16.6 Å². The summed E-state index contributed by atoms with van der Waals surface area (Å²) in [6.07, 6.45) is 4.06. The van der Waals surface area contributed by atoms with Crippen molar-refractivity contribution in [3.8, 4) is 5.69 Å². The standard InChI is InChI=1S/C16H20N4O2S.C14H11FN2/c1-2-8-20-17-9-15(18-20)23(21,22)19-10-13-14(11-19)16(13)12-6-4-3-5-7-12;1-10-2-3-11-9-16-17(14(11)8-10)13-6-4-12(15)5-7-13/h3-7,9,13-14,16H,2,8,10-11H2,1H3;2-9H,1H3. The summed E-state index contributed by atoms with van der Waals surface area (Å²) in [5, 5.41) is 13.6. The second-order valence-electron chi connectivity index (χ2n) is 10.5. The molecule has 2 aromatic heterocycles. The molecular weight excluding hydrogens is 527 g/mol. The summed E-state index contributed by atoms with van der Waals surface area (Å²) in [4.78, 5) is 1.45. The molecular formula is C30H31FN6O2S. The minimum atomic E-state index is -3.51. The van der Waals surface area contributed by atoms with Crippen LogP contribution in [0.5, 0.6) is 0 Å². The first-order chi connectivity index (χ1) is 19.3. The molecule has 10 heteroatoms. The summed E-state index contributed by atoms with van der Waals surface area (Å²) < 4.78 is 41.6. The van der Waals surface area contributed by atoms with Gasteiger partial charge in [-0.3, -0.25) is 0 Å². The van der Waals surface area contributed by atoms with E-state index in [-0.39, 0.29) is 10.8 Å². The lowest BCUT2D eigenvalue weighted by Gasteiger charge is -2.18. The van der Waals surface area contributed by atoms with Crippen LogP contribution in [0.3, 0.4) is 0 Å². The maximum Gasteiger partial charge on any atom is 0.264 e. The molecule has 40 heavy (non-hydrogen) atoms. The molecule has 206 valence electrons. The Morgan fingerprint density at radius 2 is 1.65 bits per heavy atom. The molecule has 1 saturated carbocycles. The van der Waals surface area contributed by atoms with Crippen LogP contribution in [-0.4, -0.2) is 50.6 Å². The van der Waals surface area contributed by atoms with Gasteiger partial charge in [-0.15, -0.1) is 5.10 Å². The minimum Gasteiger partial charge on any atom is -0.233 e. The van der Waals surface area contributed by atoms with Crippen LogP contribution in [0.2, 0.25) is 0 Å². The molecule has 0 spiro atoms. The zero-order chi connectivity index (χ0) is 27.9. The van der Waals surface area contributed by atoms with Crippen LogP contribution in [0.1, 0.15) is 30.4 Å². The quantitative estimate of drug-likeness (QED) is 0.286. The molecule has 2 unspecified atom stereocenters. The van der Waals surface area contributed by atoms with E-state index in [1.54, 1.807) is 16.4 Å². The Morgan fingerprint density at radius 1 is 0.925 bits per heavy atom. The lowest BCUT2D eigenvalue weighted by Crippen LogP contribution is -2.31. The maximum absolute atomic E-state index is 12.9. The van der Waals surface area contributed by atoms with Gasteiger partial charge in [-0.25, -0.2) is 17.5 Å². The average molecular weight is 559 g/mol. The van der Waals surface area contributed by atoms with E-state index in [0.717, 1.165) is 23.0 Å². The number of benzene rings is 3. The largest absolute Gasteiger partial charge is 0.264 e. The summed E-state index contributed by atoms with van der Waals surface area (Å²) in [6, 6.07) is 22.9. The van der Waals surface area contributed by atoms with Gasteiger partial charge in [0.2, 0.25) is 5.03 Å². The predicted octanol–water partition coefficient (Wildman–Crippen LogP) is 5.20. The Labute approximate surface area is 233 Å². The summed E-state index contributed by atoms with van der Waals surface area (Å²) in [7, 11) is -3.51. The number of halogens is 1. The number of hydrogen-bond acceptors (Lipinski definition) is 5. The molecule has 0 bridgehead atoms. The van der Waals surface area contributed by atoms with E-state index in [9.17, 15) is 12.8 Å². The van der Waals surface area contributed by atoms with Crippen LogP contribution in [0, 0.1) is 24.6 Å². The van der Waals surface area contributed by atoms with Crippen LogP contribution in [0.25, 0.3) is 16.6 Å². The zero-order valence-corrected chi connectivity index (χ0v) is 23.2. The molecule has 3 aromatic carbocycles. The molecule has 0 amide bonds. The summed E-state index contributed by atoms with van der Waals surface area (Å²) >= 11 is 0. The molecule has 7 rings (SSSR count). The van der Waals surface area contributed by atoms with Crippen molar-refractivity contribution in [2.45, 2.75) is 37.8 Å². The van der Waals surface area contributed by atoms with E-state index in [1.807, 2.05) is 49.0 Å². The highest BCUT2D eigenvalue weighted by Gasteiger charge is 2.58. The zero-order valence-electron chi connectivity index (χ0n) is 22.4. The summed E-state index contributed by atoms with van der Waals surface area (Å²) in [5.74, 6) is 1.16. The van der Waals surface area contributed by atoms with Crippen LogP contribution in [0.4, 0.5) is 4.39 Å². The fourth-order valence-corrected chi connectivity index (χ4v) is 6.99. The Morgan fingerprint density at radius 3 is 2.35 bits per heavy atom. The number of sulfonamides is 1. The second kappa shape index (κ2) is 10.6. The summed E-state index contributed by atoms with van der Waals surface area (Å²) in [5.41, 5.74) is 4.42. The second-order valence-corrected chi connectivity index (χ2v) is 12.3. The van der Waals surface area contributed by atoms with Crippen LogP contribution in [0.15, 0.2) is 90.2 Å². The summed E-state index contributed by atoms with van der Waals surface area (Å²) in [6.45, 7) is 5.87. The van der Waals surface area contributed by atoms with E-state index in [2.05, 4.69) is 39.6 Å². The lowest BCUT2D eigenvalue weighted by atomic mass is 10.1. The number of nitrogens with zero attached hydrogens (tertiary/aromatic N) is 6. The number of fused-ring (bicyclic) bond motifs is 2. The molecule has 0 radical (unpaired) electrons. The maximum atomic E-state index is 12.9. The first kappa shape index (κ1) is 26.3. The first-order valence-corrected chi connectivity index (χ1v) is 14.9. The number of aromatic nitrogens is 5. The van der Waals surface area contributed by atoms with E-state index >= 15 is 0 Å². The smallest absolute Gasteiger partial charge is 0.233 e. The molecule has 5 aromatic rings. The molecule has 2 fully saturated rings. The third-order valence-electron chi connectivity index (χ3n) is 7.69. The fraction of sp³-hybridized carbons (Fsp3) is 0.300. The first-order valence-electron chi connectivity index (χ1n) is 13.5. The monoisotopic (exact) mass is 558 g/mol. The van der Waals surface area contributed by atoms with Crippen molar-refractivity contribution in [2.24, 2.45) is 11.8 Å². The third kappa shape index (κ3) is 5.04. The molecule has 1 aliphatic heterocycles. The van der Waals surface area contributed by atoms with Gasteiger partial charge in [0.1, 0.15) is 5.82 Å². The highest BCUT2D eigenvalue weighted by molar-refractivity contribution is 7.89. The van der Waals surface area contributed by atoms with Crippen molar-refractivity contribution in [1.29, 1.82) is 0 Å². The lowest BCUT2D eigenvalue weighted by molar-refractivity contribution is 0.427. The van der Waals surface area contributed by atoms with Gasteiger partial charge in [0.25, 0.3) is 10.0 Å². The normalized spacial score (nSPS) is 20.2. The SMILES string of the molecule is CCCn1ncc(S(=O)(=O)N2CC3C(C2)C3c2ccccc2)n1.Cc1ccc2cnn(-c3ccc(F)cc3)c2c1. The van der Waals surface area contributed by atoms with Gasteiger partial charge >= 0.3 is 0 Å². The van der Waals surface area contributed by atoms with Gasteiger partial charge in [0.05, 0.1) is 30.1 Å². The van der Waals surface area contributed by atoms with Crippen molar-refractivity contribution in [1.82, 2.24) is 29.1 Å². The Bertz CT molecular complexity index is 1720. The molecule has 2 atom stereocenters. The van der Waals surface area contributed by atoms with Crippen molar-refractivity contribution in [3.63, 3.8) is 0 Å². The molecule has 3 heterocycles. The van der Waals surface area contributed by atoms with Crippen molar-refractivity contribution in [2.75, 3.05) is 13.1 Å². The van der Waals surface area contributed by atoms with E-state index in [1.165, 1.54) is 34.3 Å². The highest BCUT2D eigenvalue weighted by atomic mass is 32.2. The number of piperidine rings is 1. The highest BCUT2D eigenvalue weighted by Crippen LogP contribution is 2.58. The Hall–Kier alpha value is -3.89. The number of hydrogen-bond donors (Lipinski definition) is 0. The van der Waals surface area contributed by atoms with Gasteiger partial charge in [0, 0.05) is 18.5 Å². The van der Waals surface area contributed by atoms with Gasteiger partial charge < -0.3 is 0 Å². The average Bonchev–Trinajstić information content (AvgIpc) is 3.39. The van der Waals surface area contributed by atoms with Crippen molar-refractivity contribution >= 4 is 20.9 Å².